The van der Waals surface area contributed by atoms with Crippen LogP contribution in [0.2, 0.25) is 0 Å². The van der Waals surface area contributed by atoms with E-state index in [0.29, 0.717) is 18.4 Å². The number of carbonyl (C=O) groups excluding carboxylic acids is 1. The summed E-state index contributed by atoms with van der Waals surface area (Å²) < 4.78 is 2.09. The predicted molar refractivity (Wildman–Crippen MR) is 60.9 cm³/mol. The molecule has 1 unspecified atom stereocenters. The van der Waals surface area contributed by atoms with E-state index in [1.807, 2.05) is 4.90 Å². The van der Waals surface area contributed by atoms with Gasteiger partial charge < -0.3 is 10.0 Å². The molecule has 1 aliphatic heterocycles. The van der Waals surface area contributed by atoms with Crippen LogP contribution in [-0.2, 0) is 4.79 Å². The molecule has 0 bridgehead atoms. The number of aliphatic hydroxyl groups is 1. The first kappa shape index (κ1) is 10.6. The summed E-state index contributed by atoms with van der Waals surface area (Å²) >= 11 is 2.22. The second-order valence-corrected chi connectivity index (χ2v) is 5.26. The van der Waals surface area contributed by atoms with E-state index in [0.717, 1.165) is 25.9 Å². The van der Waals surface area contributed by atoms with Gasteiger partial charge in [0.15, 0.2) is 0 Å². The molecule has 1 saturated heterocycles. The van der Waals surface area contributed by atoms with Gasteiger partial charge in [-0.05, 0) is 12.8 Å². The first-order valence-electron chi connectivity index (χ1n) is 5.04. The lowest BCUT2D eigenvalue weighted by Crippen LogP contribution is -2.52. The molecule has 14 heavy (non-hydrogen) atoms. The minimum absolute atomic E-state index is 0.118. The molecule has 2 fully saturated rings. The SMILES string of the molecule is O=C(C1CC1)N1CCN(I)C(CO)C1. The van der Waals surface area contributed by atoms with Gasteiger partial charge in [0, 0.05) is 48.4 Å². The van der Waals surface area contributed by atoms with Crippen LogP contribution >= 0.6 is 22.9 Å². The van der Waals surface area contributed by atoms with Crippen molar-refractivity contribution in [3.8, 4) is 0 Å². The average Bonchev–Trinajstić information content (AvgIpc) is 3.01. The Morgan fingerprint density at radius 2 is 2.14 bits per heavy atom. The van der Waals surface area contributed by atoms with Crippen molar-refractivity contribution >= 4 is 28.8 Å². The summed E-state index contributed by atoms with van der Waals surface area (Å²) in [4.78, 5) is 13.7. The Labute approximate surface area is 97.7 Å². The summed E-state index contributed by atoms with van der Waals surface area (Å²) in [6, 6.07) is 0.118. The summed E-state index contributed by atoms with van der Waals surface area (Å²) in [7, 11) is 0. The molecule has 1 atom stereocenters. The highest BCUT2D eigenvalue weighted by Gasteiger charge is 2.36. The van der Waals surface area contributed by atoms with Gasteiger partial charge in [-0.25, -0.2) is 3.11 Å². The van der Waals surface area contributed by atoms with Crippen molar-refractivity contribution < 1.29 is 9.90 Å². The molecular weight excluding hydrogens is 295 g/mol. The fourth-order valence-corrected chi connectivity index (χ4v) is 2.34. The van der Waals surface area contributed by atoms with Crippen LogP contribution in [0.15, 0.2) is 0 Å². The van der Waals surface area contributed by atoms with Crippen LogP contribution in [0.4, 0.5) is 0 Å². The fourth-order valence-electron chi connectivity index (χ4n) is 1.77. The van der Waals surface area contributed by atoms with E-state index in [4.69, 9.17) is 5.11 Å². The zero-order valence-electron chi connectivity index (χ0n) is 8.03. The Hall–Kier alpha value is 0.120. The number of nitrogens with zero attached hydrogens (tertiary/aromatic N) is 2. The van der Waals surface area contributed by atoms with E-state index in [-0.39, 0.29) is 12.6 Å². The molecule has 2 aliphatic rings. The highest BCUT2D eigenvalue weighted by Crippen LogP contribution is 2.31. The molecule has 1 N–H and O–H groups in total. The third-order valence-electron chi connectivity index (χ3n) is 2.86. The normalized spacial score (nSPS) is 29.3. The second-order valence-electron chi connectivity index (χ2n) is 4.02. The fraction of sp³-hybridized carbons (Fsp3) is 0.889. The molecule has 1 aliphatic carbocycles. The smallest absolute Gasteiger partial charge is 0.225 e. The van der Waals surface area contributed by atoms with Gasteiger partial charge in [0.1, 0.15) is 0 Å². The minimum Gasteiger partial charge on any atom is -0.395 e. The predicted octanol–water partition coefficient (Wildman–Crippen LogP) is 0.252. The van der Waals surface area contributed by atoms with Crippen molar-refractivity contribution in [3.63, 3.8) is 0 Å². The Bertz CT molecular complexity index is 233. The minimum atomic E-state index is 0.118. The summed E-state index contributed by atoms with van der Waals surface area (Å²) in [5.41, 5.74) is 0. The lowest BCUT2D eigenvalue weighted by Gasteiger charge is -2.37. The van der Waals surface area contributed by atoms with Gasteiger partial charge in [-0.2, -0.15) is 0 Å². The van der Waals surface area contributed by atoms with Gasteiger partial charge in [0.2, 0.25) is 5.91 Å². The maximum Gasteiger partial charge on any atom is 0.225 e. The van der Waals surface area contributed by atoms with Crippen LogP contribution in [0.25, 0.3) is 0 Å². The van der Waals surface area contributed by atoms with Crippen LogP contribution in [0.3, 0.4) is 0 Å². The molecule has 1 heterocycles. The van der Waals surface area contributed by atoms with E-state index < -0.39 is 0 Å². The largest absolute Gasteiger partial charge is 0.395 e. The molecule has 5 heteroatoms. The Morgan fingerprint density at radius 3 is 2.71 bits per heavy atom. The molecule has 2 rings (SSSR count). The molecule has 1 amide bonds. The molecule has 0 radical (unpaired) electrons. The molecular formula is C9H15IN2O2. The topological polar surface area (TPSA) is 43.8 Å². The van der Waals surface area contributed by atoms with Crippen LogP contribution in [-0.4, -0.2) is 51.3 Å². The molecule has 4 nitrogen and oxygen atoms in total. The third kappa shape index (κ3) is 2.20. The molecule has 80 valence electrons. The van der Waals surface area contributed by atoms with Gasteiger partial charge in [-0.15, -0.1) is 0 Å². The van der Waals surface area contributed by atoms with Crippen LogP contribution < -0.4 is 0 Å². The Kier molecular flexibility index (Phi) is 3.28. The number of rotatable bonds is 2. The van der Waals surface area contributed by atoms with Crippen molar-refractivity contribution in [2.75, 3.05) is 26.2 Å². The van der Waals surface area contributed by atoms with E-state index in [1.54, 1.807) is 0 Å². The Morgan fingerprint density at radius 1 is 1.43 bits per heavy atom. The molecule has 0 aromatic heterocycles. The van der Waals surface area contributed by atoms with Crippen LogP contribution in [0.1, 0.15) is 12.8 Å². The quantitative estimate of drug-likeness (QED) is 0.587. The molecule has 0 spiro atoms. The second kappa shape index (κ2) is 4.32. The lowest BCUT2D eigenvalue weighted by molar-refractivity contribution is -0.134. The van der Waals surface area contributed by atoms with Crippen molar-refractivity contribution in [3.05, 3.63) is 0 Å². The van der Waals surface area contributed by atoms with Crippen LogP contribution in [0.5, 0.6) is 0 Å². The first-order valence-corrected chi connectivity index (χ1v) is 6.01. The van der Waals surface area contributed by atoms with Crippen molar-refractivity contribution in [1.82, 2.24) is 8.01 Å². The summed E-state index contributed by atoms with van der Waals surface area (Å²) in [6.07, 6.45) is 2.13. The highest BCUT2D eigenvalue weighted by molar-refractivity contribution is 14.1. The van der Waals surface area contributed by atoms with Crippen LogP contribution in [0, 0.1) is 5.92 Å². The van der Waals surface area contributed by atoms with Gasteiger partial charge in [-0.1, -0.05) is 0 Å². The highest BCUT2D eigenvalue weighted by atomic mass is 127. The van der Waals surface area contributed by atoms with Crippen molar-refractivity contribution in [1.29, 1.82) is 0 Å². The van der Waals surface area contributed by atoms with Gasteiger partial charge in [0.25, 0.3) is 0 Å². The van der Waals surface area contributed by atoms with Crippen molar-refractivity contribution in [2.45, 2.75) is 18.9 Å². The van der Waals surface area contributed by atoms with Crippen molar-refractivity contribution in [2.24, 2.45) is 5.92 Å². The number of hydrogen-bond donors (Lipinski definition) is 1. The Balaban J connectivity index is 1.91. The van der Waals surface area contributed by atoms with Gasteiger partial charge in [0.05, 0.1) is 12.6 Å². The number of aliphatic hydroxyl groups excluding tert-OH is 1. The van der Waals surface area contributed by atoms with E-state index in [1.165, 1.54) is 0 Å². The number of halogens is 1. The number of hydrogen-bond acceptors (Lipinski definition) is 3. The number of carbonyl (C=O) groups is 1. The summed E-state index contributed by atoms with van der Waals surface area (Å²) in [5.74, 6) is 0.600. The molecule has 0 aromatic rings. The average molecular weight is 310 g/mol. The zero-order chi connectivity index (χ0) is 10.1. The van der Waals surface area contributed by atoms with Gasteiger partial charge >= 0.3 is 0 Å². The lowest BCUT2D eigenvalue weighted by atomic mass is 10.2. The van der Waals surface area contributed by atoms with E-state index in [9.17, 15) is 4.79 Å². The summed E-state index contributed by atoms with van der Waals surface area (Å²) in [6.45, 7) is 2.51. The zero-order valence-corrected chi connectivity index (χ0v) is 10.2. The standard InChI is InChI=1S/C9H15IN2O2/c10-12-4-3-11(5-8(12)6-13)9(14)7-1-2-7/h7-8,13H,1-6H2. The maximum atomic E-state index is 11.8. The number of amides is 1. The molecule has 1 saturated carbocycles. The monoisotopic (exact) mass is 310 g/mol. The van der Waals surface area contributed by atoms with E-state index in [2.05, 4.69) is 26.0 Å². The molecule has 0 aromatic carbocycles. The maximum absolute atomic E-state index is 11.8. The first-order chi connectivity index (χ1) is 6.72. The van der Waals surface area contributed by atoms with Gasteiger partial charge in [-0.3, -0.25) is 4.79 Å². The summed E-state index contributed by atoms with van der Waals surface area (Å²) in [5, 5.41) is 9.13. The van der Waals surface area contributed by atoms with E-state index >= 15 is 0 Å². The third-order valence-corrected chi connectivity index (χ3v) is 4.13. The number of piperazine rings is 1.